The molecule has 6 nitrogen and oxygen atoms in total. The van der Waals surface area contributed by atoms with Gasteiger partial charge in [0.15, 0.2) is 14.6 Å². The van der Waals surface area contributed by atoms with E-state index in [9.17, 15) is 10.1 Å². The normalized spacial score (nSPS) is 11.6. The summed E-state index contributed by atoms with van der Waals surface area (Å²) >= 11 is 0. The Labute approximate surface area is 70.5 Å². The molecule has 7 heteroatoms. The molecule has 0 aliphatic carbocycles. The Balaban J connectivity index is 3.00. The summed E-state index contributed by atoms with van der Waals surface area (Å²) in [5.74, 6) is -0.322. The van der Waals surface area contributed by atoms with E-state index in [4.69, 9.17) is 0 Å². The number of aromatic nitrogens is 3. The number of hydrogen-bond acceptors (Lipinski definition) is 4. The van der Waals surface area contributed by atoms with Crippen molar-refractivity contribution in [3.8, 4) is 0 Å². The molecule has 0 radical (unpaired) electrons. The Bertz CT molecular complexity index is 303. The van der Waals surface area contributed by atoms with E-state index in [0.29, 0.717) is 0 Å². The first-order valence-electron chi connectivity index (χ1n) is 3.48. The van der Waals surface area contributed by atoms with Crippen molar-refractivity contribution in [2.45, 2.75) is 19.6 Å². The van der Waals surface area contributed by atoms with Crippen LogP contribution in [0.25, 0.3) is 0 Å². The van der Waals surface area contributed by atoms with Crippen LogP contribution in [-0.4, -0.2) is 27.6 Å². The van der Waals surface area contributed by atoms with E-state index in [1.807, 2.05) is 19.6 Å². The molecule has 0 aliphatic rings. The van der Waals surface area contributed by atoms with E-state index < -0.39 is 13.2 Å². The van der Waals surface area contributed by atoms with Gasteiger partial charge in [0.25, 0.3) is 0 Å². The molecule has 1 aromatic heterocycles. The lowest BCUT2D eigenvalue weighted by Crippen LogP contribution is -2.32. The van der Waals surface area contributed by atoms with E-state index in [0.717, 1.165) is 0 Å². The largest absolute Gasteiger partial charge is 0.490 e. The summed E-state index contributed by atoms with van der Waals surface area (Å²) in [5.41, 5.74) is 0. The van der Waals surface area contributed by atoms with Gasteiger partial charge in [0, 0.05) is 5.10 Å². The fraction of sp³-hybridized carbons (Fsp3) is 0.600. The number of hydrogen-bond donors (Lipinski definition) is 0. The first-order valence-corrected chi connectivity index (χ1v) is 6.92. The van der Waals surface area contributed by atoms with Crippen molar-refractivity contribution >= 4 is 14.2 Å². The highest BCUT2D eigenvalue weighted by molar-refractivity contribution is 6.74. The smallest absolute Gasteiger partial charge is 0.390 e. The highest BCUT2D eigenvalue weighted by Gasteiger charge is 2.24. The Morgan fingerprint density at radius 3 is 2.42 bits per heavy atom. The van der Waals surface area contributed by atoms with Crippen molar-refractivity contribution in [2.75, 3.05) is 0 Å². The lowest BCUT2D eigenvalue weighted by molar-refractivity contribution is -0.394. The number of nitrogens with zero attached hydrogens (tertiary/aromatic N) is 4. The Morgan fingerprint density at radius 1 is 1.58 bits per heavy atom. The van der Waals surface area contributed by atoms with Crippen LogP contribution in [0.1, 0.15) is 0 Å². The number of nitro groups is 1. The molecular formula is C5H10N4O2Si. The lowest BCUT2D eigenvalue weighted by atomic mass is 11.1. The molecule has 0 N–H and O–H groups in total. The van der Waals surface area contributed by atoms with Crippen LogP contribution in [0.2, 0.25) is 19.6 Å². The third-order valence-corrected chi connectivity index (χ3v) is 2.92. The van der Waals surface area contributed by atoms with E-state index >= 15 is 0 Å². The van der Waals surface area contributed by atoms with Crippen LogP contribution in [0.5, 0.6) is 0 Å². The minimum Gasteiger partial charge on any atom is -0.390 e. The zero-order valence-corrected chi connectivity index (χ0v) is 8.18. The van der Waals surface area contributed by atoms with E-state index in [2.05, 4.69) is 10.1 Å². The van der Waals surface area contributed by atoms with Crippen LogP contribution in [-0.2, 0) is 0 Å². The second-order valence-electron chi connectivity index (χ2n) is 3.42. The van der Waals surface area contributed by atoms with E-state index in [-0.39, 0.29) is 5.95 Å². The molecule has 0 unspecified atom stereocenters. The molecule has 0 atom stereocenters. The Kier molecular flexibility index (Phi) is 1.97. The van der Waals surface area contributed by atoms with Gasteiger partial charge in [0.1, 0.15) is 0 Å². The molecule has 0 bridgehead atoms. The van der Waals surface area contributed by atoms with Gasteiger partial charge in [-0.3, -0.25) is 0 Å². The van der Waals surface area contributed by atoms with Crippen molar-refractivity contribution in [3.63, 3.8) is 0 Å². The number of rotatable bonds is 2. The summed E-state index contributed by atoms with van der Waals surface area (Å²) in [6.45, 7) is 6.10. The van der Waals surface area contributed by atoms with Crippen LogP contribution in [0.3, 0.4) is 0 Å². The predicted octanol–water partition coefficient (Wildman–Crippen LogP) is 0.869. The molecule has 0 fully saturated rings. The molecular weight excluding hydrogens is 176 g/mol. The molecule has 0 amide bonds. The molecule has 0 spiro atoms. The standard InChI is InChI=1S/C5H10N4O2Si/c1-12(2,3)8-4-6-5(7-8)9(10)11/h4H,1-3H3. The van der Waals surface area contributed by atoms with Gasteiger partial charge in [-0.2, -0.15) is 0 Å². The molecule has 0 aromatic carbocycles. The van der Waals surface area contributed by atoms with Gasteiger partial charge in [0.05, 0.1) is 0 Å². The van der Waals surface area contributed by atoms with Gasteiger partial charge in [-0.05, 0) is 24.6 Å². The minimum absolute atomic E-state index is 0.322. The fourth-order valence-electron chi connectivity index (χ4n) is 0.661. The summed E-state index contributed by atoms with van der Waals surface area (Å²) in [7, 11) is -1.62. The highest BCUT2D eigenvalue weighted by atomic mass is 28.3. The van der Waals surface area contributed by atoms with Crippen LogP contribution in [0.15, 0.2) is 6.33 Å². The second kappa shape index (κ2) is 2.66. The average Bonchev–Trinajstić information content (AvgIpc) is 2.30. The third kappa shape index (κ3) is 1.67. The molecule has 1 aromatic rings. The average molecular weight is 186 g/mol. The fourth-order valence-corrected chi connectivity index (χ4v) is 1.45. The van der Waals surface area contributed by atoms with Gasteiger partial charge in [-0.15, -0.1) is 0 Å². The summed E-state index contributed by atoms with van der Waals surface area (Å²) in [4.78, 5) is 13.2. The van der Waals surface area contributed by atoms with Crippen molar-refractivity contribution in [2.24, 2.45) is 0 Å². The first-order chi connectivity index (χ1) is 5.41. The molecule has 1 heterocycles. The van der Waals surface area contributed by atoms with Gasteiger partial charge >= 0.3 is 5.95 Å². The van der Waals surface area contributed by atoms with Crippen molar-refractivity contribution in [1.29, 1.82) is 0 Å². The Morgan fingerprint density at radius 2 is 2.17 bits per heavy atom. The second-order valence-corrected chi connectivity index (χ2v) is 8.22. The minimum atomic E-state index is -1.62. The van der Waals surface area contributed by atoms with Crippen molar-refractivity contribution in [3.05, 3.63) is 16.4 Å². The third-order valence-electron chi connectivity index (χ3n) is 1.33. The maximum Gasteiger partial charge on any atom is 0.490 e. The molecule has 12 heavy (non-hydrogen) atoms. The van der Waals surface area contributed by atoms with Crippen molar-refractivity contribution in [1.82, 2.24) is 14.4 Å². The summed E-state index contributed by atoms with van der Waals surface area (Å²) in [6.07, 6.45) is 1.42. The Hall–Kier alpha value is -1.24. The summed E-state index contributed by atoms with van der Waals surface area (Å²) in [5, 5.41) is 14.0. The van der Waals surface area contributed by atoms with Gasteiger partial charge < -0.3 is 10.1 Å². The molecule has 0 saturated carbocycles. The summed E-state index contributed by atoms with van der Waals surface area (Å²) in [6, 6.07) is 0. The maximum absolute atomic E-state index is 10.2. The maximum atomic E-state index is 10.2. The summed E-state index contributed by atoms with van der Waals surface area (Å²) < 4.78 is 1.60. The SMILES string of the molecule is C[Si](C)(C)n1cnc([N+](=O)[O-])n1. The molecule has 0 saturated heterocycles. The zero-order chi connectivity index (χ0) is 9.35. The van der Waals surface area contributed by atoms with E-state index in [1.165, 1.54) is 6.33 Å². The van der Waals surface area contributed by atoms with Crippen LogP contribution in [0, 0.1) is 10.1 Å². The first kappa shape index (κ1) is 8.85. The lowest BCUT2D eigenvalue weighted by Gasteiger charge is -2.10. The van der Waals surface area contributed by atoms with Gasteiger partial charge in [0.2, 0.25) is 0 Å². The monoisotopic (exact) mass is 186 g/mol. The van der Waals surface area contributed by atoms with Crippen LogP contribution >= 0.6 is 0 Å². The zero-order valence-electron chi connectivity index (χ0n) is 7.18. The predicted molar refractivity (Wildman–Crippen MR) is 45.4 cm³/mol. The molecule has 0 aliphatic heterocycles. The quantitative estimate of drug-likeness (QED) is 0.390. The van der Waals surface area contributed by atoms with Crippen LogP contribution in [0.4, 0.5) is 5.95 Å². The van der Waals surface area contributed by atoms with E-state index in [1.54, 1.807) is 4.35 Å². The van der Waals surface area contributed by atoms with Gasteiger partial charge in [-0.25, -0.2) is 4.35 Å². The van der Waals surface area contributed by atoms with Gasteiger partial charge in [-0.1, -0.05) is 4.98 Å². The topological polar surface area (TPSA) is 73.8 Å². The molecule has 66 valence electrons. The molecule has 1 rings (SSSR count). The van der Waals surface area contributed by atoms with Crippen molar-refractivity contribution < 1.29 is 4.92 Å². The van der Waals surface area contributed by atoms with Crippen LogP contribution < -0.4 is 0 Å². The highest BCUT2D eigenvalue weighted by Crippen LogP contribution is 2.07.